The van der Waals surface area contributed by atoms with Gasteiger partial charge in [0.1, 0.15) is 10.7 Å². The second-order valence-electron chi connectivity index (χ2n) is 4.17. The van der Waals surface area contributed by atoms with Gasteiger partial charge < -0.3 is 5.73 Å². The van der Waals surface area contributed by atoms with Gasteiger partial charge in [-0.15, -0.1) is 0 Å². The van der Waals surface area contributed by atoms with Crippen LogP contribution < -0.4 is 10.5 Å². The first-order chi connectivity index (χ1) is 7.97. The van der Waals surface area contributed by atoms with Gasteiger partial charge in [-0.25, -0.2) is 13.1 Å². The minimum atomic E-state index is -3.55. The smallest absolute Gasteiger partial charge is 0.246 e. The van der Waals surface area contributed by atoms with Crippen molar-refractivity contribution in [3.05, 3.63) is 6.20 Å². The number of sulfonamides is 1. The quantitative estimate of drug-likeness (QED) is 0.642. The summed E-state index contributed by atoms with van der Waals surface area (Å²) in [7, 11) is -3.55. The maximum atomic E-state index is 11.9. The van der Waals surface area contributed by atoms with Crippen LogP contribution in [0.4, 0.5) is 5.82 Å². The fourth-order valence-corrected chi connectivity index (χ4v) is 2.89. The van der Waals surface area contributed by atoms with Crippen LogP contribution in [0.2, 0.25) is 0 Å². The number of nitrogen functional groups attached to an aromatic ring is 1. The van der Waals surface area contributed by atoms with Crippen LogP contribution in [-0.4, -0.2) is 24.7 Å². The molecule has 1 aromatic heterocycles. The molecular formula is C10H20N4O2S. The number of aromatic amines is 1. The van der Waals surface area contributed by atoms with Gasteiger partial charge in [0.15, 0.2) is 0 Å². The summed E-state index contributed by atoms with van der Waals surface area (Å²) >= 11 is 0. The number of H-pyrrole nitrogens is 1. The van der Waals surface area contributed by atoms with E-state index in [1.807, 2.05) is 6.92 Å². The lowest BCUT2D eigenvalue weighted by Gasteiger charge is -2.13. The molecule has 0 amide bonds. The standard InChI is InChI=1S/C10H20N4O2S/c1-3-4-5-6-8(2)14-17(15,16)9-7-12-13-10(9)11/h7-8,14H,3-6H2,1-2H3,(H3,11,12,13). The maximum Gasteiger partial charge on any atom is 0.246 e. The van der Waals surface area contributed by atoms with Gasteiger partial charge in [0.2, 0.25) is 10.0 Å². The van der Waals surface area contributed by atoms with Crippen molar-refractivity contribution in [3.63, 3.8) is 0 Å². The molecule has 6 nitrogen and oxygen atoms in total. The Morgan fingerprint density at radius 1 is 1.53 bits per heavy atom. The Labute approximate surface area is 102 Å². The van der Waals surface area contributed by atoms with Gasteiger partial charge in [0.05, 0.1) is 6.20 Å². The lowest BCUT2D eigenvalue weighted by Crippen LogP contribution is -2.32. The van der Waals surface area contributed by atoms with Crippen molar-refractivity contribution in [1.29, 1.82) is 0 Å². The van der Waals surface area contributed by atoms with E-state index in [9.17, 15) is 8.42 Å². The highest BCUT2D eigenvalue weighted by Gasteiger charge is 2.21. The van der Waals surface area contributed by atoms with Crippen LogP contribution in [-0.2, 0) is 10.0 Å². The average molecular weight is 260 g/mol. The molecule has 0 radical (unpaired) electrons. The Kier molecular flexibility index (Phi) is 4.95. The summed E-state index contributed by atoms with van der Waals surface area (Å²) in [5.74, 6) is 0.0678. The van der Waals surface area contributed by atoms with E-state index in [2.05, 4.69) is 21.8 Å². The van der Waals surface area contributed by atoms with Crippen LogP contribution in [0.25, 0.3) is 0 Å². The molecule has 0 aromatic carbocycles. The van der Waals surface area contributed by atoms with Gasteiger partial charge in [0, 0.05) is 6.04 Å². The third-order valence-corrected chi connectivity index (χ3v) is 4.14. The highest BCUT2D eigenvalue weighted by molar-refractivity contribution is 7.89. The zero-order chi connectivity index (χ0) is 12.9. The van der Waals surface area contributed by atoms with Crippen LogP contribution in [0.15, 0.2) is 11.1 Å². The number of nitrogens with one attached hydrogen (secondary N) is 2. The molecule has 1 aromatic rings. The first-order valence-electron chi connectivity index (χ1n) is 5.78. The first-order valence-corrected chi connectivity index (χ1v) is 7.27. The second kappa shape index (κ2) is 6.02. The molecule has 0 fully saturated rings. The molecule has 4 N–H and O–H groups in total. The van der Waals surface area contributed by atoms with Crippen LogP contribution in [0.1, 0.15) is 39.5 Å². The number of nitrogens with zero attached hydrogens (tertiary/aromatic N) is 1. The largest absolute Gasteiger partial charge is 0.383 e. The molecule has 0 spiro atoms. The highest BCUT2D eigenvalue weighted by atomic mass is 32.2. The summed E-state index contributed by atoms with van der Waals surface area (Å²) in [6.07, 6.45) is 5.29. The molecule has 0 bridgehead atoms. The minimum absolute atomic E-state index is 0.0137. The van der Waals surface area contributed by atoms with E-state index < -0.39 is 10.0 Å². The summed E-state index contributed by atoms with van der Waals surface area (Å²) < 4.78 is 26.4. The van der Waals surface area contributed by atoms with Crippen molar-refractivity contribution in [1.82, 2.24) is 14.9 Å². The fourth-order valence-electron chi connectivity index (χ4n) is 1.59. The van der Waals surface area contributed by atoms with Gasteiger partial charge >= 0.3 is 0 Å². The van der Waals surface area contributed by atoms with Crippen molar-refractivity contribution >= 4 is 15.8 Å². The summed E-state index contributed by atoms with van der Waals surface area (Å²) in [4.78, 5) is 0.0137. The van der Waals surface area contributed by atoms with Gasteiger partial charge in [-0.3, -0.25) is 5.10 Å². The van der Waals surface area contributed by atoms with Crippen molar-refractivity contribution in [2.24, 2.45) is 0 Å². The second-order valence-corrected chi connectivity index (χ2v) is 5.85. The monoisotopic (exact) mass is 260 g/mol. The summed E-state index contributed by atoms with van der Waals surface area (Å²) in [6.45, 7) is 3.96. The van der Waals surface area contributed by atoms with Crippen molar-refractivity contribution in [3.8, 4) is 0 Å². The first kappa shape index (κ1) is 14.0. The molecule has 0 aliphatic heterocycles. The molecule has 0 saturated heterocycles. The normalized spacial score (nSPS) is 13.8. The van der Waals surface area contributed by atoms with Crippen molar-refractivity contribution < 1.29 is 8.42 Å². The molecule has 0 aliphatic rings. The number of hydrogen-bond acceptors (Lipinski definition) is 4. The third kappa shape index (κ3) is 4.01. The number of anilines is 1. The summed E-state index contributed by atoms with van der Waals surface area (Å²) in [5.41, 5.74) is 5.49. The van der Waals surface area contributed by atoms with Crippen molar-refractivity contribution in [2.75, 3.05) is 5.73 Å². The molecule has 7 heteroatoms. The molecular weight excluding hydrogens is 240 g/mol. The Morgan fingerprint density at radius 2 is 2.24 bits per heavy atom. The molecule has 1 heterocycles. The van der Waals surface area contributed by atoms with E-state index in [1.54, 1.807) is 0 Å². The van der Waals surface area contributed by atoms with E-state index in [4.69, 9.17) is 5.73 Å². The predicted molar refractivity (Wildman–Crippen MR) is 66.9 cm³/mol. The Bertz CT molecular complexity index is 441. The van der Waals surface area contributed by atoms with Crippen LogP contribution in [0, 0.1) is 0 Å². The molecule has 1 rings (SSSR count). The SMILES string of the molecule is CCCCCC(C)NS(=O)(=O)c1cn[nH]c1N. The third-order valence-electron chi connectivity index (χ3n) is 2.52. The van der Waals surface area contributed by atoms with Crippen molar-refractivity contribution in [2.45, 2.75) is 50.5 Å². The van der Waals surface area contributed by atoms with Gasteiger partial charge in [-0.2, -0.15) is 5.10 Å². The Balaban J connectivity index is 2.58. The fraction of sp³-hybridized carbons (Fsp3) is 0.700. The van der Waals surface area contributed by atoms with Crippen LogP contribution in [0.3, 0.4) is 0 Å². The topological polar surface area (TPSA) is 101 Å². The van der Waals surface area contributed by atoms with E-state index in [1.165, 1.54) is 6.20 Å². The number of rotatable bonds is 7. The highest BCUT2D eigenvalue weighted by Crippen LogP contribution is 2.15. The zero-order valence-corrected chi connectivity index (χ0v) is 11.0. The lowest BCUT2D eigenvalue weighted by atomic mass is 10.1. The number of nitrogens with two attached hydrogens (primary N) is 1. The zero-order valence-electron chi connectivity index (χ0n) is 10.2. The minimum Gasteiger partial charge on any atom is -0.383 e. The molecule has 1 atom stereocenters. The average Bonchev–Trinajstić information content (AvgIpc) is 2.64. The molecule has 0 aliphatic carbocycles. The summed E-state index contributed by atoms with van der Waals surface area (Å²) in [5, 5.41) is 6.01. The van der Waals surface area contributed by atoms with Crippen LogP contribution in [0.5, 0.6) is 0 Å². The molecule has 98 valence electrons. The number of hydrogen-bond donors (Lipinski definition) is 3. The van der Waals surface area contributed by atoms with E-state index in [0.717, 1.165) is 25.7 Å². The summed E-state index contributed by atoms with van der Waals surface area (Å²) in [6, 6.07) is -0.0964. The predicted octanol–water partition coefficient (Wildman–Crippen LogP) is 1.24. The van der Waals surface area contributed by atoms with Gasteiger partial charge in [-0.05, 0) is 13.3 Å². The van der Waals surface area contributed by atoms with Gasteiger partial charge in [0.25, 0.3) is 0 Å². The number of aromatic nitrogens is 2. The number of unbranched alkanes of at least 4 members (excludes halogenated alkanes) is 2. The van der Waals surface area contributed by atoms with Gasteiger partial charge in [-0.1, -0.05) is 26.2 Å². The maximum absolute atomic E-state index is 11.9. The molecule has 0 saturated carbocycles. The Hall–Kier alpha value is -1.08. The molecule has 1 unspecified atom stereocenters. The Morgan fingerprint density at radius 3 is 2.76 bits per heavy atom. The molecule has 17 heavy (non-hydrogen) atoms. The van der Waals surface area contributed by atoms with E-state index >= 15 is 0 Å². The van der Waals surface area contributed by atoms with Crippen LogP contribution >= 0.6 is 0 Å². The van der Waals surface area contributed by atoms with E-state index in [0.29, 0.717) is 0 Å². The lowest BCUT2D eigenvalue weighted by molar-refractivity contribution is 0.527. The van der Waals surface area contributed by atoms with E-state index in [-0.39, 0.29) is 16.8 Å².